The lowest BCUT2D eigenvalue weighted by molar-refractivity contribution is -0.116. The maximum absolute atomic E-state index is 11.9. The summed E-state index contributed by atoms with van der Waals surface area (Å²) in [4.78, 5) is 23.2. The predicted octanol–water partition coefficient (Wildman–Crippen LogP) is 2.60. The van der Waals surface area contributed by atoms with Crippen molar-refractivity contribution in [2.24, 2.45) is 5.73 Å². The molecule has 0 radical (unpaired) electrons. The van der Waals surface area contributed by atoms with Crippen LogP contribution in [0.3, 0.4) is 0 Å². The molecule has 2 aromatic carbocycles. The molecule has 21 heavy (non-hydrogen) atoms. The molecular formula is C16H18N2O3. The van der Waals surface area contributed by atoms with Crippen LogP contribution < -0.4 is 11.1 Å². The Labute approximate surface area is 122 Å². The zero-order valence-corrected chi connectivity index (χ0v) is 11.8. The summed E-state index contributed by atoms with van der Waals surface area (Å²) in [6, 6.07) is 10.6. The molecule has 0 aliphatic rings. The first-order chi connectivity index (χ1) is 9.97. The zero-order valence-electron chi connectivity index (χ0n) is 11.8. The Morgan fingerprint density at radius 2 is 1.86 bits per heavy atom. The van der Waals surface area contributed by atoms with E-state index in [2.05, 4.69) is 5.32 Å². The van der Waals surface area contributed by atoms with Crippen LogP contribution in [-0.2, 0) is 4.79 Å². The Balaban J connectivity index is 2.30. The molecule has 110 valence electrons. The Hall–Kier alpha value is -2.40. The zero-order chi connectivity index (χ0) is 15.4. The van der Waals surface area contributed by atoms with Gasteiger partial charge in [0.15, 0.2) is 0 Å². The van der Waals surface area contributed by atoms with E-state index in [4.69, 9.17) is 5.73 Å². The van der Waals surface area contributed by atoms with E-state index in [1.165, 1.54) is 0 Å². The molecule has 1 atom stereocenters. The summed E-state index contributed by atoms with van der Waals surface area (Å²) in [7, 11) is 0. The second kappa shape index (κ2) is 6.37. The number of amides is 1. The molecule has 1 unspecified atom stereocenters. The highest BCUT2D eigenvalue weighted by molar-refractivity contribution is 6.05. The van der Waals surface area contributed by atoms with E-state index in [0.29, 0.717) is 12.1 Å². The van der Waals surface area contributed by atoms with E-state index in [9.17, 15) is 14.7 Å². The Morgan fingerprint density at radius 3 is 2.43 bits per heavy atom. The van der Waals surface area contributed by atoms with Crippen molar-refractivity contribution in [3.05, 3.63) is 42.0 Å². The fourth-order valence-electron chi connectivity index (χ4n) is 2.09. The van der Waals surface area contributed by atoms with Gasteiger partial charge in [-0.15, -0.1) is 0 Å². The number of benzene rings is 2. The first-order valence-corrected chi connectivity index (χ1v) is 6.79. The number of fused-ring (bicyclic) bond motifs is 1. The second-order valence-corrected chi connectivity index (χ2v) is 5.11. The highest BCUT2D eigenvalue weighted by Gasteiger charge is 2.14. The van der Waals surface area contributed by atoms with Crippen molar-refractivity contribution in [3.8, 4) is 0 Å². The average Bonchev–Trinajstić information content (AvgIpc) is 2.44. The van der Waals surface area contributed by atoms with Gasteiger partial charge in [0.2, 0.25) is 5.91 Å². The normalized spacial score (nSPS) is 12.1. The first kappa shape index (κ1) is 15.0. The Morgan fingerprint density at radius 1 is 1.24 bits per heavy atom. The standard InChI is InChI=1S/C16H18N2O3/c1-10(17)6-7-15(19)18-14-9-12-5-3-2-4-11(12)8-13(14)16(20)21/h2-5,8-10H,6-7,17H2,1H3,(H,18,19)(H,20,21). The summed E-state index contributed by atoms with van der Waals surface area (Å²) < 4.78 is 0. The van der Waals surface area contributed by atoms with E-state index < -0.39 is 5.97 Å². The Kier molecular flexibility index (Phi) is 4.55. The van der Waals surface area contributed by atoms with Gasteiger partial charge in [0.1, 0.15) is 0 Å². The monoisotopic (exact) mass is 286 g/mol. The number of carboxylic acids is 1. The lowest BCUT2D eigenvalue weighted by Gasteiger charge is -2.11. The highest BCUT2D eigenvalue weighted by Crippen LogP contribution is 2.24. The molecule has 0 aromatic heterocycles. The van der Waals surface area contributed by atoms with Crippen LogP contribution in [0.15, 0.2) is 36.4 Å². The average molecular weight is 286 g/mol. The minimum atomic E-state index is -1.07. The van der Waals surface area contributed by atoms with Gasteiger partial charge in [-0.25, -0.2) is 4.79 Å². The number of carboxylic acid groups (broad SMARTS) is 1. The van der Waals surface area contributed by atoms with Crippen LogP contribution in [0.4, 0.5) is 5.69 Å². The molecule has 0 aliphatic carbocycles. The predicted molar refractivity (Wildman–Crippen MR) is 82.4 cm³/mol. The number of nitrogens with two attached hydrogens (primary N) is 1. The topological polar surface area (TPSA) is 92.4 Å². The van der Waals surface area contributed by atoms with Crippen LogP contribution in [-0.4, -0.2) is 23.0 Å². The first-order valence-electron chi connectivity index (χ1n) is 6.79. The van der Waals surface area contributed by atoms with Gasteiger partial charge in [-0.1, -0.05) is 24.3 Å². The summed E-state index contributed by atoms with van der Waals surface area (Å²) >= 11 is 0. The van der Waals surface area contributed by atoms with Crippen LogP contribution in [0.2, 0.25) is 0 Å². The van der Waals surface area contributed by atoms with Gasteiger partial charge in [-0.3, -0.25) is 4.79 Å². The molecular weight excluding hydrogens is 268 g/mol. The number of carbonyl (C=O) groups is 2. The third-order valence-corrected chi connectivity index (χ3v) is 3.22. The number of rotatable bonds is 5. The lowest BCUT2D eigenvalue weighted by Crippen LogP contribution is -2.20. The van der Waals surface area contributed by atoms with Gasteiger partial charge < -0.3 is 16.2 Å². The molecule has 0 bridgehead atoms. The molecule has 0 saturated heterocycles. The van der Waals surface area contributed by atoms with Crippen LogP contribution in [0.25, 0.3) is 10.8 Å². The van der Waals surface area contributed by atoms with Crippen LogP contribution in [0.5, 0.6) is 0 Å². The largest absolute Gasteiger partial charge is 0.478 e. The fourth-order valence-corrected chi connectivity index (χ4v) is 2.09. The summed E-state index contributed by atoms with van der Waals surface area (Å²) in [5.41, 5.74) is 6.01. The van der Waals surface area contributed by atoms with E-state index >= 15 is 0 Å². The third kappa shape index (κ3) is 3.79. The lowest BCUT2D eigenvalue weighted by atomic mass is 10.0. The van der Waals surface area contributed by atoms with Crippen molar-refractivity contribution < 1.29 is 14.7 Å². The summed E-state index contributed by atoms with van der Waals surface area (Å²) in [6.07, 6.45) is 0.825. The van der Waals surface area contributed by atoms with E-state index in [1.807, 2.05) is 31.2 Å². The number of aromatic carboxylic acids is 1. The summed E-state index contributed by atoms with van der Waals surface area (Å²) in [5.74, 6) is -1.30. The number of hydrogen-bond acceptors (Lipinski definition) is 3. The maximum atomic E-state index is 11.9. The quantitative estimate of drug-likeness (QED) is 0.787. The Bertz CT molecular complexity index is 680. The SMILES string of the molecule is CC(N)CCC(=O)Nc1cc2ccccc2cc1C(=O)O. The van der Waals surface area contributed by atoms with Gasteiger partial charge in [0, 0.05) is 12.5 Å². The van der Waals surface area contributed by atoms with E-state index in [1.54, 1.807) is 12.1 Å². The molecule has 0 fully saturated rings. The minimum absolute atomic E-state index is 0.0636. The number of nitrogens with one attached hydrogen (secondary N) is 1. The van der Waals surface area contributed by atoms with Crippen molar-refractivity contribution in [2.75, 3.05) is 5.32 Å². The van der Waals surface area contributed by atoms with Crippen LogP contribution in [0, 0.1) is 0 Å². The minimum Gasteiger partial charge on any atom is -0.478 e. The van der Waals surface area contributed by atoms with Gasteiger partial charge in [-0.2, -0.15) is 0 Å². The molecule has 2 rings (SSSR count). The van der Waals surface area contributed by atoms with Crippen molar-refractivity contribution in [3.63, 3.8) is 0 Å². The fraction of sp³-hybridized carbons (Fsp3) is 0.250. The van der Waals surface area contributed by atoms with E-state index in [-0.39, 0.29) is 23.9 Å². The summed E-state index contributed by atoms with van der Waals surface area (Å²) in [6.45, 7) is 1.83. The smallest absolute Gasteiger partial charge is 0.337 e. The molecule has 0 saturated carbocycles. The molecule has 4 N–H and O–H groups in total. The molecule has 0 heterocycles. The number of anilines is 1. The van der Waals surface area contributed by atoms with Crippen molar-refractivity contribution >= 4 is 28.3 Å². The van der Waals surface area contributed by atoms with Gasteiger partial charge in [0.05, 0.1) is 11.3 Å². The highest BCUT2D eigenvalue weighted by atomic mass is 16.4. The molecule has 5 heteroatoms. The summed E-state index contributed by atoms with van der Waals surface area (Å²) in [5, 5.41) is 13.7. The van der Waals surface area contributed by atoms with Gasteiger partial charge >= 0.3 is 5.97 Å². The molecule has 2 aromatic rings. The number of carbonyl (C=O) groups excluding carboxylic acids is 1. The van der Waals surface area contributed by atoms with Gasteiger partial charge in [-0.05, 0) is 36.2 Å². The molecule has 1 amide bonds. The van der Waals surface area contributed by atoms with Crippen molar-refractivity contribution in [1.82, 2.24) is 0 Å². The van der Waals surface area contributed by atoms with Crippen LogP contribution in [0.1, 0.15) is 30.1 Å². The maximum Gasteiger partial charge on any atom is 0.337 e. The van der Waals surface area contributed by atoms with Crippen molar-refractivity contribution in [2.45, 2.75) is 25.8 Å². The van der Waals surface area contributed by atoms with Crippen molar-refractivity contribution in [1.29, 1.82) is 0 Å². The molecule has 5 nitrogen and oxygen atoms in total. The second-order valence-electron chi connectivity index (χ2n) is 5.11. The third-order valence-electron chi connectivity index (χ3n) is 3.22. The van der Waals surface area contributed by atoms with E-state index in [0.717, 1.165) is 10.8 Å². The van der Waals surface area contributed by atoms with Gasteiger partial charge in [0.25, 0.3) is 0 Å². The molecule has 0 aliphatic heterocycles. The number of hydrogen-bond donors (Lipinski definition) is 3. The molecule has 0 spiro atoms. The van der Waals surface area contributed by atoms with Crippen LogP contribution >= 0.6 is 0 Å².